The molecule has 1 atom stereocenters. The molecule has 100 valence electrons. The molecule has 1 rings (SSSR count). The van der Waals surface area contributed by atoms with E-state index < -0.39 is 0 Å². The average molecular weight is 271 g/mol. The Hall–Kier alpha value is -1.22. The summed E-state index contributed by atoms with van der Waals surface area (Å²) in [5, 5.41) is 9.44. The maximum absolute atomic E-state index is 11.2. The van der Waals surface area contributed by atoms with Crippen molar-refractivity contribution in [1.82, 2.24) is 0 Å². The predicted octanol–water partition coefficient (Wildman–Crippen LogP) is 3.63. The summed E-state index contributed by atoms with van der Waals surface area (Å²) in [5.41, 5.74) is 2.52. The van der Waals surface area contributed by atoms with E-state index in [0.29, 0.717) is 25.2 Å². The molecule has 0 amide bonds. The lowest BCUT2D eigenvalue weighted by molar-refractivity contribution is -0.143. The van der Waals surface area contributed by atoms with E-state index in [4.69, 9.17) is 16.3 Å². The first-order chi connectivity index (χ1) is 8.45. The number of ether oxygens (including phenoxy) is 1. The average Bonchev–Trinajstić information content (AvgIpc) is 2.32. The fourth-order valence-electron chi connectivity index (χ4n) is 1.81. The van der Waals surface area contributed by atoms with Crippen LogP contribution >= 0.6 is 11.6 Å². The van der Waals surface area contributed by atoms with Crippen molar-refractivity contribution in [2.24, 2.45) is 0 Å². The first-order valence-electron chi connectivity index (χ1n) is 6.05. The van der Waals surface area contributed by atoms with Gasteiger partial charge in [0, 0.05) is 6.42 Å². The molecule has 18 heavy (non-hydrogen) atoms. The van der Waals surface area contributed by atoms with Crippen LogP contribution in [0.5, 0.6) is 5.75 Å². The number of carbonyl (C=O) groups excluding carboxylic acids is 1. The number of aromatic hydroxyl groups is 1. The Balaban J connectivity index is 2.67. The molecule has 1 unspecified atom stereocenters. The summed E-state index contributed by atoms with van der Waals surface area (Å²) in [6.45, 7) is 5.84. The van der Waals surface area contributed by atoms with Gasteiger partial charge in [-0.3, -0.25) is 4.79 Å². The second kappa shape index (κ2) is 6.64. The molecule has 0 radical (unpaired) electrons. The van der Waals surface area contributed by atoms with Gasteiger partial charge >= 0.3 is 5.97 Å². The molecule has 0 saturated heterocycles. The number of esters is 1. The number of hydrogen-bond donors (Lipinski definition) is 1. The van der Waals surface area contributed by atoms with Crippen LogP contribution < -0.4 is 0 Å². The molecular weight excluding hydrogens is 252 g/mol. The minimum absolute atomic E-state index is 0.227. The Labute approximate surface area is 113 Å². The van der Waals surface area contributed by atoms with E-state index in [9.17, 15) is 9.90 Å². The van der Waals surface area contributed by atoms with E-state index in [2.05, 4.69) is 0 Å². The third kappa shape index (κ3) is 3.91. The number of halogens is 1. The fourth-order valence-corrected chi connectivity index (χ4v) is 2.05. The van der Waals surface area contributed by atoms with Crippen LogP contribution in [0.15, 0.2) is 12.1 Å². The molecule has 0 spiro atoms. The van der Waals surface area contributed by atoms with Gasteiger partial charge in [-0.2, -0.15) is 0 Å². The zero-order valence-corrected chi connectivity index (χ0v) is 11.8. The van der Waals surface area contributed by atoms with Crippen LogP contribution in [0.25, 0.3) is 0 Å². The summed E-state index contributed by atoms with van der Waals surface area (Å²) >= 11 is 6.26. The second-order valence-corrected chi connectivity index (χ2v) is 4.84. The molecule has 3 nitrogen and oxygen atoms in total. The minimum atomic E-state index is -0.243. The Morgan fingerprint density at radius 2 is 1.94 bits per heavy atom. The highest BCUT2D eigenvalue weighted by Gasteiger charge is 2.13. The van der Waals surface area contributed by atoms with Crippen LogP contribution in [0.2, 0.25) is 0 Å². The van der Waals surface area contributed by atoms with Crippen molar-refractivity contribution in [3.8, 4) is 5.75 Å². The van der Waals surface area contributed by atoms with Crippen molar-refractivity contribution in [2.75, 3.05) is 6.61 Å². The van der Waals surface area contributed by atoms with Gasteiger partial charge in [-0.15, -0.1) is 11.6 Å². The number of benzene rings is 1. The minimum Gasteiger partial charge on any atom is -0.507 e. The molecular formula is C14H19ClO3. The van der Waals surface area contributed by atoms with Crippen molar-refractivity contribution in [3.63, 3.8) is 0 Å². The van der Waals surface area contributed by atoms with E-state index >= 15 is 0 Å². The smallest absolute Gasteiger partial charge is 0.305 e. The van der Waals surface area contributed by atoms with Gasteiger partial charge in [-0.05, 0) is 43.9 Å². The summed E-state index contributed by atoms with van der Waals surface area (Å²) in [6.07, 6.45) is 0.838. The van der Waals surface area contributed by atoms with Crippen molar-refractivity contribution in [3.05, 3.63) is 28.8 Å². The molecule has 0 heterocycles. The molecule has 4 heteroatoms. The Morgan fingerprint density at radius 3 is 2.44 bits per heavy atom. The largest absolute Gasteiger partial charge is 0.507 e. The SMILES string of the molecule is CCOC(=O)CCC(Cl)c1cc(C)c(O)c(C)c1. The zero-order valence-electron chi connectivity index (χ0n) is 11.0. The van der Waals surface area contributed by atoms with Gasteiger partial charge in [0.15, 0.2) is 0 Å². The van der Waals surface area contributed by atoms with E-state index in [1.807, 2.05) is 26.0 Å². The molecule has 0 saturated carbocycles. The molecule has 0 aliphatic rings. The quantitative estimate of drug-likeness (QED) is 0.656. The first kappa shape index (κ1) is 14.8. The molecule has 0 bridgehead atoms. The lowest BCUT2D eigenvalue weighted by Gasteiger charge is -2.13. The molecule has 1 N–H and O–H groups in total. The normalized spacial score (nSPS) is 12.2. The van der Waals surface area contributed by atoms with Crippen LogP contribution in [0.1, 0.15) is 41.8 Å². The first-order valence-corrected chi connectivity index (χ1v) is 6.49. The van der Waals surface area contributed by atoms with Gasteiger partial charge in [-0.1, -0.05) is 12.1 Å². The Morgan fingerprint density at radius 1 is 1.39 bits per heavy atom. The molecule has 0 aromatic heterocycles. The zero-order chi connectivity index (χ0) is 13.7. The van der Waals surface area contributed by atoms with E-state index in [-0.39, 0.29) is 11.3 Å². The molecule has 0 aliphatic heterocycles. The molecule has 1 aromatic rings. The summed E-state index contributed by atoms with van der Waals surface area (Å²) in [4.78, 5) is 11.2. The van der Waals surface area contributed by atoms with Gasteiger partial charge in [0.05, 0.1) is 12.0 Å². The number of aryl methyl sites for hydroxylation is 2. The third-order valence-corrected chi connectivity index (χ3v) is 3.25. The maximum atomic E-state index is 11.2. The molecule has 0 fully saturated rings. The van der Waals surface area contributed by atoms with Crippen LogP contribution in [0, 0.1) is 13.8 Å². The number of hydrogen-bond acceptors (Lipinski definition) is 3. The van der Waals surface area contributed by atoms with Gasteiger partial charge in [0.1, 0.15) is 5.75 Å². The van der Waals surface area contributed by atoms with Crippen molar-refractivity contribution in [2.45, 2.75) is 39.0 Å². The van der Waals surface area contributed by atoms with E-state index in [1.165, 1.54) is 0 Å². The van der Waals surface area contributed by atoms with Crippen molar-refractivity contribution in [1.29, 1.82) is 0 Å². The van der Waals surface area contributed by atoms with Crippen LogP contribution in [-0.2, 0) is 9.53 Å². The van der Waals surface area contributed by atoms with E-state index in [0.717, 1.165) is 16.7 Å². The number of phenols is 1. The number of rotatable bonds is 5. The lowest BCUT2D eigenvalue weighted by atomic mass is 10.0. The van der Waals surface area contributed by atoms with Gasteiger partial charge in [0.2, 0.25) is 0 Å². The highest BCUT2D eigenvalue weighted by atomic mass is 35.5. The van der Waals surface area contributed by atoms with Crippen molar-refractivity contribution < 1.29 is 14.6 Å². The third-order valence-electron chi connectivity index (χ3n) is 2.78. The Kier molecular flexibility index (Phi) is 5.48. The molecule has 0 aliphatic carbocycles. The van der Waals surface area contributed by atoms with Crippen molar-refractivity contribution >= 4 is 17.6 Å². The predicted molar refractivity (Wildman–Crippen MR) is 72.0 cm³/mol. The van der Waals surface area contributed by atoms with Crippen LogP contribution in [-0.4, -0.2) is 17.7 Å². The molecule has 1 aromatic carbocycles. The van der Waals surface area contributed by atoms with E-state index in [1.54, 1.807) is 6.92 Å². The van der Waals surface area contributed by atoms with Crippen LogP contribution in [0.3, 0.4) is 0 Å². The summed E-state index contributed by atoms with van der Waals surface area (Å²) in [5.74, 6) is 0.0726. The highest BCUT2D eigenvalue weighted by molar-refractivity contribution is 6.20. The number of carbonyl (C=O) groups is 1. The maximum Gasteiger partial charge on any atom is 0.305 e. The summed E-state index contributed by atoms with van der Waals surface area (Å²) in [6, 6.07) is 3.70. The Bertz CT molecular complexity index is 406. The highest BCUT2D eigenvalue weighted by Crippen LogP contribution is 2.31. The van der Waals surface area contributed by atoms with Gasteiger partial charge in [-0.25, -0.2) is 0 Å². The van der Waals surface area contributed by atoms with Gasteiger partial charge in [0.25, 0.3) is 0 Å². The second-order valence-electron chi connectivity index (χ2n) is 4.31. The van der Waals surface area contributed by atoms with Gasteiger partial charge < -0.3 is 9.84 Å². The standard InChI is InChI=1S/C14H19ClO3/c1-4-18-13(16)6-5-12(15)11-7-9(2)14(17)10(3)8-11/h7-8,12,17H,4-6H2,1-3H3. The number of alkyl halides is 1. The topological polar surface area (TPSA) is 46.5 Å². The number of phenolic OH excluding ortho intramolecular Hbond substituents is 1. The summed E-state index contributed by atoms with van der Waals surface area (Å²) in [7, 11) is 0. The van der Waals surface area contributed by atoms with Crippen LogP contribution in [0.4, 0.5) is 0 Å². The monoisotopic (exact) mass is 270 g/mol. The lowest BCUT2D eigenvalue weighted by Crippen LogP contribution is -2.05. The summed E-state index contributed by atoms with van der Waals surface area (Å²) < 4.78 is 4.86. The fraction of sp³-hybridized carbons (Fsp3) is 0.500.